The Hall–Kier alpha value is -1.55. The minimum atomic E-state index is -0.0968. The normalized spacial score (nSPS) is 12.1. The second-order valence-corrected chi connectivity index (χ2v) is 4.82. The van der Waals surface area contributed by atoms with Gasteiger partial charge in [0.15, 0.2) is 0 Å². The molecule has 0 saturated heterocycles. The Kier molecular flexibility index (Phi) is 5.83. The fraction of sp³-hybridized carbons (Fsp3) is 0.533. The van der Waals surface area contributed by atoms with Crippen molar-refractivity contribution < 1.29 is 9.53 Å². The Morgan fingerprint density at radius 2 is 1.95 bits per heavy atom. The molecule has 0 heterocycles. The third-order valence-corrected chi connectivity index (χ3v) is 3.34. The molecule has 0 saturated carbocycles. The molecule has 106 valence electrons. The van der Waals surface area contributed by atoms with E-state index in [0.717, 1.165) is 28.9 Å². The second-order valence-electron chi connectivity index (χ2n) is 4.82. The van der Waals surface area contributed by atoms with Gasteiger partial charge in [0.1, 0.15) is 5.75 Å². The maximum Gasteiger partial charge on any atom is 0.224 e. The summed E-state index contributed by atoms with van der Waals surface area (Å²) in [7, 11) is 1.67. The molecule has 0 spiro atoms. The van der Waals surface area contributed by atoms with Crippen LogP contribution in [0.5, 0.6) is 5.75 Å². The summed E-state index contributed by atoms with van der Waals surface area (Å²) in [5.74, 6) is 0.833. The first-order valence-electron chi connectivity index (χ1n) is 6.65. The highest BCUT2D eigenvalue weighted by atomic mass is 16.5. The monoisotopic (exact) mass is 264 g/mol. The van der Waals surface area contributed by atoms with E-state index in [0.29, 0.717) is 13.1 Å². The molecular formula is C15H24N2O2. The average Bonchev–Trinajstić information content (AvgIpc) is 2.37. The molecule has 0 radical (unpaired) electrons. The van der Waals surface area contributed by atoms with Gasteiger partial charge in [0, 0.05) is 19.0 Å². The molecule has 1 aromatic rings. The Balaban J connectivity index is 2.71. The molecule has 1 amide bonds. The van der Waals surface area contributed by atoms with Gasteiger partial charge in [-0.05, 0) is 37.0 Å². The lowest BCUT2D eigenvalue weighted by molar-refractivity contribution is -0.124. The largest absolute Gasteiger partial charge is 0.496 e. The van der Waals surface area contributed by atoms with Gasteiger partial charge in [0.05, 0.1) is 7.11 Å². The van der Waals surface area contributed by atoms with Crippen molar-refractivity contribution in [2.45, 2.75) is 33.7 Å². The van der Waals surface area contributed by atoms with Crippen molar-refractivity contribution in [1.29, 1.82) is 0 Å². The smallest absolute Gasteiger partial charge is 0.224 e. The minimum absolute atomic E-state index is 0.0242. The minimum Gasteiger partial charge on any atom is -0.496 e. The van der Waals surface area contributed by atoms with Gasteiger partial charge >= 0.3 is 0 Å². The number of nitrogens with one attached hydrogen (secondary N) is 1. The molecule has 0 bridgehead atoms. The van der Waals surface area contributed by atoms with Crippen LogP contribution in [-0.2, 0) is 11.3 Å². The van der Waals surface area contributed by atoms with Crippen LogP contribution in [0.2, 0.25) is 0 Å². The van der Waals surface area contributed by atoms with Gasteiger partial charge < -0.3 is 15.8 Å². The van der Waals surface area contributed by atoms with Crippen LogP contribution in [0.3, 0.4) is 0 Å². The van der Waals surface area contributed by atoms with E-state index in [4.69, 9.17) is 10.5 Å². The van der Waals surface area contributed by atoms with E-state index in [1.165, 1.54) is 0 Å². The predicted molar refractivity (Wildman–Crippen MR) is 77.2 cm³/mol. The van der Waals surface area contributed by atoms with Crippen LogP contribution >= 0.6 is 0 Å². The van der Waals surface area contributed by atoms with Crippen LogP contribution in [0.25, 0.3) is 0 Å². The first-order chi connectivity index (χ1) is 9.03. The summed E-state index contributed by atoms with van der Waals surface area (Å²) in [6, 6.07) is 4.07. The maximum absolute atomic E-state index is 11.9. The predicted octanol–water partition coefficient (Wildman–Crippen LogP) is 1.91. The Bertz CT molecular complexity index is 417. The molecule has 0 aromatic heterocycles. The van der Waals surface area contributed by atoms with Crippen molar-refractivity contribution in [2.75, 3.05) is 13.7 Å². The summed E-state index contributed by atoms with van der Waals surface area (Å²) in [4.78, 5) is 11.9. The van der Waals surface area contributed by atoms with Crippen LogP contribution in [0, 0.1) is 19.8 Å². The number of benzene rings is 1. The molecule has 1 aromatic carbocycles. The number of hydrogen-bond acceptors (Lipinski definition) is 3. The number of ether oxygens (including phenoxy) is 1. The Morgan fingerprint density at radius 3 is 2.37 bits per heavy atom. The summed E-state index contributed by atoms with van der Waals surface area (Å²) >= 11 is 0. The molecule has 0 aliphatic carbocycles. The highest BCUT2D eigenvalue weighted by Crippen LogP contribution is 2.24. The molecule has 1 rings (SSSR count). The first kappa shape index (κ1) is 15.5. The van der Waals surface area contributed by atoms with Crippen LogP contribution < -0.4 is 15.8 Å². The molecule has 4 nitrogen and oxygen atoms in total. The molecule has 4 heteroatoms. The standard InChI is InChI=1S/C15H24N2O2/c1-5-13(8-16)15(18)17-9-12-6-10(2)14(19-4)11(3)7-12/h6-7,13H,5,8-9,16H2,1-4H3,(H,17,18). The van der Waals surface area contributed by atoms with E-state index in [-0.39, 0.29) is 11.8 Å². The summed E-state index contributed by atoms with van der Waals surface area (Å²) in [5.41, 5.74) is 8.80. The number of aryl methyl sites for hydroxylation is 2. The van der Waals surface area contributed by atoms with Gasteiger partial charge in [-0.3, -0.25) is 4.79 Å². The lowest BCUT2D eigenvalue weighted by Gasteiger charge is -2.14. The summed E-state index contributed by atoms with van der Waals surface area (Å²) < 4.78 is 5.33. The van der Waals surface area contributed by atoms with Crippen LogP contribution in [0.4, 0.5) is 0 Å². The highest BCUT2D eigenvalue weighted by molar-refractivity contribution is 5.78. The first-order valence-corrected chi connectivity index (χ1v) is 6.65. The van der Waals surface area contributed by atoms with Crippen LogP contribution in [-0.4, -0.2) is 19.6 Å². The van der Waals surface area contributed by atoms with E-state index >= 15 is 0 Å². The molecule has 0 aliphatic rings. The van der Waals surface area contributed by atoms with E-state index in [9.17, 15) is 4.79 Å². The maximum atomic E-state index is 11.9. The summed E-state index contributed by atoms with van der Waals surface area (Å²) in [6.45, 7) is 6.90. The van der Waals surface area contributed by atoms with Crippen LogP contribution in [0.1, 0.15) is 30.0 Å². The van der Waals surface area contributed by atoms with Crippen molar-refractivity contribution in [3.05, 3.63) is 28.8 Å². The fourth-order valence-corrected chi connectivity index (χ4v) is 2.26. The summed E-state index contributed by atoms with van der Waals surface area (Å²) in [5, 5.41) is 2.93. The average molecular weight is 264 g/mol. The SMILES string of the molecule is CCC(CN)C(=O)NCc1cc(C)c(OC)c(C)c1. The Morgan fingerprint density at radius 1 is 1.37 bits per heavy atom. The van der Waals surface area contributed by atoms with Crippen molar-refractivity contribution in [3.63, 3.8) is 0 Å². The van der Waals surface area contributed by atoms with E-state index < -0.39 is 0 Å². The number of hydrogen-bond donors (Lipinski definition) is 2. The number of methoxy groups -OCH3 is 1. The highest BCUT2D eigenvalue weighted by Gasteiger charge is 2.14. The third kappa shape index (κ3) is 3.96. The quantitative estimate of drug-likeness (QED) is 0.825. The van der Waals surface area contributed by atoms with Crippen LogP contribution in [0.15, 0.2) is 12.1 Å². The zero-order valence-electron chi connectivity index (χ0n) is 12.2. The van der Waals surface area contributed by atoms with Gasteiger partial charge in [0.25, 0.3) is 0 Å². The van der Waals surface area contributed by atoms with Crippen molar-refractivity contribution in [2.24, 2.45) is 11.7 Å². The van der Waals surface area contributed by atoms with Gasteiger partial charge in [0.2, 0.25) is 5.91 Å². The number of amides is 1. The molecule has 1 unspecified atom stereocenters. The second kappa shape index (κ2) is 7.14. The zero-order chi connectivity index (χ0) is 14.4. The zero-order valence-corrected chi connectivity index (χ0v) is 12.2. The number of nitrogens with two attached hydrogens (primary N) is 1. The molecule has 19 heavy (non-hydrogen) atoms. The van der Waals surface area contributed by atoms with E-state index in [1.807, 2.05) is 32.9 Å². The fourth-order valence-electron chi connectivity index (χ4n) is 2.26. The topological polar surface area (TPSA) is 64.4 Å². The third-order valence-electron chi connectivity index (χ3n) is 3.34. The van der Waals surface area contributed by atoms with Crippen molar-refractivity contribution in [1.82, 2.24) is 5.32 Å². The van der Waals surface area contributed by atoms with E-state index in [2.05, 4.69) is 5.32 Å². The summed E-state index contributed by atoms with van der Waals surface area (Å²) in [6.07, 6.45) is 0.767. The lowest BCUT2D eigenvalue weighted by Crippen LogP contribution is -2.34. The molecule has 1 atom stereocenters. The molecule has 0 aliphatic heterocycles. The van der Waals surface area contributed by atoms with Gasteiger partial charge in [-0.25, -0.2) is 0 Å². The number of rotatable bonds is 6. The van der Waals surface area contributed by atoms with E-state index in [1.54, 1.807) is 7.11 Å². The number of carbonyl (C=O) groups is 1. The molecule has 3 N–H and O–H groups in total. The molecular weight excluding hydrogens is 240 g/mol. The van der Waals surface area contributed by atoms with Gasteiger partial charge in [-0.1, -0.05) is 19.1 Å². The Labute approximate surface area is 115 Å². The molecule has 0 fully saturated rings. The lowest BCUT2D eigenvalue weighted by atomic mass is 10.0. The van der Waals surface area contributed by atoms with Gasteiger partial charge in [-0.15, -0.1) is 0 Å². The van der Waals surface area contributed by atoms with Crippen molar-refractivity contribution in [3.8, 4) is 5.75 Å². The van der Waals surface area contributed by atoms with Gasteiger partial charge in [-0.2, -0.15) is 0 Å². The van der Waals surface area contributed by atoms with Crippen molar-refractivity contribution >= 4 is 5.91 Å². The number of carbonyl (C=O) groups excluding carboxylic acids is 1.